The van der Waals surface area contributed by atoms with Gasteiger partial charge in [-0.25, -0.2) is 14.5 Å². The Kier molecular flexibility index (Phi) is 6.51. The average Bonchev–Trinajstić information content (AvgIpc) is 3.40. The van der Waals surface area contributed by atoms with Gasteiger partial charge in [0.15, 0.2) is 0 Å². The van der Waals surface area contributed by atoms with Gasteiger partial charge in [-0.2, -0.15) is 13.2 Å². The number of imidazole rings is 1. The SMILES string of the molecule is O=c1c2c(nc(OCc3ccccc3CO)n1-c1ccccc1)CCN(c1nc3ccc(C(F)(F)F)cc3[nH]1)C2. The van der Waals surface area contributed by atoms with Crippen molar-refractivity contribution < 1.29 is 23.0 Å². The summed E-state index contributed by atoms with van der Waals surface area (Å²) in [7, 11) is 0. The number of aromatic nitrogens is 4. The van der Waals surface area contributed by atoms with Gasteiger partial charge < -0.3 is 19.7 Å². The van der Waals surface area contributed by atoms with E-state index in [0.29, 0.717) is 41.4 Å². The van der Waals surface area contributed by atoms with Gasteiger partial charge in [0.25, 0.3) is 5.56 Å². The van der Waals surface area contributed by atoms with Gasteiger partial charge in [0.1, 0.15) is 6.61 Å². The van der Waals surface area contributed by atoms with Crippen molar-refractivity contribution in [1.82, 2.24) is 19.5 Å². The molecule has 1 aliphatic heterocycles. The Morgan fingerprint density at radius 1 is 0.975 bits per heavy atom. The van der Waals surface area contributed by atoms with E-state index in [1.54, 1.807) is 18.2 Å². The number of hydrogen-bond acceptors (Lipinski definition) is 6. The lowest BCUT2D eigenvalue weighted by Crippen LogP contribution is -2.38. The maximum atomic E-state index is 13.9. The molecule has 1 aliphatic rings. The van der Waals surface area contributed by atoms with E-state index in [1.165, 1.54) is 10.6 Å². The number of rotatable bonds is 6. The lowest BCUT2D eigenvalue weighted by molar-refractivity contribution is -0.137. The number of hydrogen-bond donors (Lipinski definition) is 2. The standard InChI is InChI=1S/C29H24F3N5O3/c30-29(31,32)20-10-11-24-25(14-20)34-27(33-24)36-13-12-23-22(15-36)26(39)37(21-8-2-1-3-9-21)28(35-23)40-17-19-7-5-4-6-18(19)16-38/h1-11,14,38H,12-13,15-17H2,(H,33,34). The Bertz CT molecular complexity index is 1750. The van der Waals surface area contributed by atoms with Crippen molar-refractivity contribution >= 4 is 17.0 Å². The second-order valence-electron chi connectivity index (χ2n) is 9.47. The zero-order valence-corrected chi connectivity index (χ0v) is 21.2. The van der Waals surface area contributed by atoms with Gasteiger partial charge in [-0.05, 0) is 41.5 Å². The number of halogens is 3. The first-order valence-corrected chi connectivity index (χ1v) is 12.6. The number of fused-ring (bicyclic) bond motifs is 2. The lowest BCUT2D eigenvalue weighted by atomic mass is 10.1. The molecular weight excluding hydrogens is 523 g/mol. The van der Waals surface area contributed by atoms with Crippen LogP contribution < -0.4 is 15.2 Å². The molecule has 2 aromatic heterocycles. The molecule has 0 saturated heterocycles. The van der Waals surface area contributed by atoms with Crippen LogP contribution in [0.4, 0.5) is 19.1 Å². The zero-order valence-electron chi connectivity index (χ0n) is 21.2. The first-order chi connectivity index (χ1) is 19.3. The Morgan fingerprint density at radius 2 is 1.73 bits per heavy atom. The number of aliphatic hydroxyl groups excluding tert-OH is 1. The molecule has 11 heteroatoms. The fourth-order valence-electron chi connectivity index (χ4n) is 4.85. The van der Waals surface area contributed by atoms with Crippen molar-refractivity contribution in [2.45, 2.75) is 32.4 Å². The summed E-state index contributed by atoms with van der Waals surface area (Å²) in [6.45, 7) is 0.596. The molecule has 0 fully saturated rings. The highest BCUT2D eigenvalue weighted by Gasteiger charge is 2.31. The van der Waals surface area contributed by atoms with Gasteiger partial charge in [0.05, 0.1) is 46.7 Å². The van der Waals surface area contributed by atoms with Crippen molar-refractivity contribution in [2.75, 3.05) is 11.4 Å². The van der Waals surface area contributed by atoms with Gasteiger partial charge in [-0.15, -0.1) is 0 Å². The smallest absolute Gasteiger partial charge is 0.416 e. The molecule has 0 aliphatic carbocycles. The molecule has 0 atom stereocenters. The number of ether oxygens (including phenoxy) is 1. The molecule has 6 rings (SSSR count). The van der Waals surface area contributed by atoms with E-state index in [4.69, 9.17) is 9.72 Å². The Labute approximate surface area is 226 Å². The normalized spacial score (nSPS) is 13.4. The number of para-hydroxylation sites is 1. The van der Waals surface area contributed by atoms with Gasteiger partial charge in [0.2, 0.25) is 5.95 Å². The van der Waals surface area contributed by atoms with E-state index in [9.17, 15) is 23.1 Å². The molecule has 0 radical (unpaired) electrons. The number of benzene rings is 3. The second-order valence-corrected chi connectivity index (χ2v) is 9.47. The lowest BCUT2D eigenvalue weighted by Gasteiger charge is -2.28. The number of nitrogens with zero attached hydrogens (tertiary/aromatic N) is 4. The van der Waals surface area contributed by atoms with E-state index >= 15 is 0 Å². The molecule has 3 aromatic carbocycles. The van der Waals surface area contributed by atoms with E-state index in [0.717, 1.165) is 23.3 Å². The minimum absolute atomic E-state index is 0.111. The molecule has 5 aromatic rings. The van der Waals surface area contributed by atoms with Crippen LogP contribution in [0.15, 0.2) is 77.6 Å². The largest absolute Gasteiger partial charge is 0.459 e. The summed E-state index contributed by atoms with van der Waals surface area (Å²) < 4.78 is 47.0. The number of aromatic amines is 1. The predicted molar refractivity (Wildman–Crippen MR) is 142 cm³/mol. The number of alkyl halides is 3. The van der Waals surface area contributed by atoms with Crippen LogP contribution in [0.3, 0.4) is 0 Å². The van der Waals surface area contributed by atoms with E-state index in [1.807, 2.05) is 41.3 Å². The number of H-pyrrole nitrogens is 1. The maximum absolute atomic E-state index is 13.9. The van der Waals surface area contributed by atoms with Crippen LogP contribution in [0, 0.1) is 0 Å². The number of aliphatic hydroxyl groups is 1. The van der Waals surface area contributed by atoms with Crippen molar-refractivity contribution in [1.29, 1.82) is 0 Å². The van der Waals surface area contributed by atoms with Gasteiger partial charge >= 0.3 is 12.2 Å². The third kappa shape index (κ3) is 4.79. The molecule has 0 spiro atoms. The fraction of sp³-hybridized carbons (Fsp3) is 0.207. The van der Waals surface area contributed by atoms with Crippen LogP contribution in [-0.2, 0) is 32.4 Å². The van der Waals surface area contributed by atoms with E-state index in [2.05, 4.69) is 9.97 Å². The molecule has 204 valence electrons. The third-order valence-corrected chi connectivity index (χ3v) is 6.96. The molecule has 40 heavy (non-hydrogen) atoms. The third-order valence-electron chi connectivity index (χ3n) is 6.96. The molecule has 0 bridgehead atoms. The summed E-state index contributed by atoms with van der Waals surface area (Å²) in [5.74, 6) is 0.381. The average molecular weight is 548 g/mol. The Hall–Kier alpha value is -4.64. The Balaban J connectivity index is 1.36. The fourth-order valence-corrected chi connectivity index (χ4v) is 4.85. The maximum Gasteiger partial charge on any atom is 0.416 e. The van der Waals surface area contributed by atoms with Gasteiger partial charge in [-0.3, -0.25) is 4.79 Å². The molecule has 0 amide bonds. The first-order valence-electron chi connectivity index (χ1n) is 12.6. The van der Waals surface area contributed by atoms with Crippen molar-refractivity contribution in [3.63, 3.8) is 0 Å². The van der Waals surface area contributed by atoms with Crippen LogP contribution >= 0.6 is 0 Å². The summed E-state index contributed by atoms with van der Waals surface area (Å²) in [6.07, 6.45) is -4.05. The van der Waals surface area contributed by atoms with E-state index < -0.39 is 11.7 Å². The summed E-state index contributed by atoms with van der Waals surface area (Å²) in [6, 6.07) is 19.8. The molecule has 2 N–H and O–H groups in total. The number of anilines is 1. The highest BCUT2D eigenvalue weighted by molar-refractivity contribution is 5.78. The van der Waals surface area contributed by atoms with Crippen LogP contribution in [0.25, 0.3) is 16.7 Å². The van der Waals surface area contributed by atoms with Crippen LogP contribution in [0.1, 0.15) is 27.9 Å². The van der Waals surface area contributed by atoms with Gasteiger partial charge in [-0.1, -0.05) is 42.5 Å². The van der Waals surface area contributed by atoms with Crippen LogP contribution in [0.2, 0.25) is 0 Å². The summed E-state index contributed by atoms with van der Waals surface area (Å²) in [5.41, 5.74) is 2.73. The minimum Gasteiger partial charge on any atom is -0.459 e. The monoisotopic (exact) mass is 547 g/mol. The second kappa shape index (κ2) is 10.2. The van der Waals surface area contributed by atoms with Crippen molar-refractivity contribution in [3.05, 3.63) is 111 Å². The van der Waals surface area contributed by atoms with Crippen LogP contribution in [-0.4, -0.2) is 31.2 Å². The molecule has 0 saturated carbocycles. The highest BCUT2D eigenvalue weighted by atomic mass is 19.4. The number of nitrogens with one attached hydrogen (secondary N) is 1. The molecule has 8 nitrogen and oxygen atoms in total. The first kappa shape index (κ1) is 25.6. The molecule has 3 heterocycles. The van der Waals surface area contributed by atoms with Crippen LogP contribution in [0.5, 0.6) is 6.01 Å². The van der Waals surface area contributed by atoms with Crippen molar-refractivity contribution in [3.8, 4) is 11.7 Å². The van der Waals surface area contributed by atoms with E-state index in [-0.39, 0.29) is 36.8 Å². The summed E-state index contributed by atoms with van der Waals surface area (Å²) in [4.78, 5) is 27.9. The quantitative estimate of drug-likeness (QED) is 0.318. The molecule has 0 unspecified atom stereocenters. The minimum atomic E-state index is -4.46. The Morgan fingerprint density at radius 3 is 2.48 bits per heavy atom. The predicted octanol–water partition coefficient (Wildman–Crippen LogP) is 4.76. The highest BCUT2D eigenvalue weighted by Crippen LogP contribution is 2.32. The summed E-state index contributed by atoms with van der Waals surface area (Å²) in [5, 5.41) is 9.68. The zero-order chi connectivity index (χ0) is 27.9. The van der Waals surface area contributed by atoms with Gasteiger partial charge in [0, 0.05) is 13.0 Å². The van der Waals surface area contributed by atoms with Crippen molar-refractivity contribution in [2.24, 2.45) is 0 Å². The summed E-state index contributed by atoms with van der Waals surface area (Å²) >= 11 is 0. The molecular formula is C29H24F3N5O3. The topological polar surface area (TPSA) is 96.3 Å².